The molecule has 0 spiro atoms. The van der Waals surface area contributed by atoms with Crippen LogP contribution in [0.3, 0.4) is 0 Å². The van der Waals surface area contributed by atoms with Gasteiger partial charge in [0.1, 0.15) is 17.4 Å². The van der Waals surface area contributed by atoms with E-state index < -0.39 is 5.92 Å². The lowest BCUT2D eigenvalue weighted by Crippen LogP contribution is -2.21. The van der Waals surface area contributed by atoms with Gasteiger partial charge in [0, 0.05) is 29.7 Å². The molecule has 3 N–H and O–H groups in total. The van der Waals surface area contributed by atoms with Crippen molar-refractivity contribution in [2.75, 3.05) is 0 Å². The Bertz CT molecular complexity index is 997. The van der Waals surface area contributed by atoms with Gasteiger partial charge in [0.25, 0.3) is 0 Å². The SMILES string of the molecule is N#CC1=C(N)Oc2c(ccn3ccnc23)C1c1ccccc1O. The molecule has 23 heavy (non-hydrogen) atoms. The maximum Gasteiger partial charge on any atom is 0.205 e. The molecule has 6 nitrogen and oxygen atoms in total. The fourth-order valence-corrected chi connectivity index (χ4v) is 2.94. The molecule has 3 aromatic rings. The normalized spacial score (nSPS) is 16.7. The van der Waals surface area contributed by atoms with Crippen molar-refractivity contribution in [2.24, 2.45) is 5.73 Å². The lowest BCUT2D eigenvalue weighted by Gasteiger charge is -2.26. The molecule has 4 rings (SSSR count). The van der Waals surface area contributed by atoms with Gasteiger partial charge in [0.2, 0.25) is 5.88 Å². The number of ether oxygens (including phenoxy) is 1. The van der Waals surface area contributed by atoms with E-state index in [2.05, 4.69) is 11.1 Å². The summed E-state index contributed by atoms with van der Waals surface area (Å²) in [6, 6.07) is 10.9. The zero-order valence-electron chi connectivity index (χ0n) is 12.0. The van der Waals surface area contributed by atoms with Crippen LogP contribution in [0.1, 0.15) is 17.0 Å². The maximum atomic E-state index is 10.2. The maximum absolute atomic E-state index is 10.2. The summed E-state index contributed by atoms with van der Waals surface area (Å²) < 4.78 is 7.48. The number of rotatable bonds is 1. The van der Waals surface area contributed by atoms with Crippen molar-refractivity contribution in [1.29, 1.82) is 5.26 Å². The van der Waals surface area contributed by atoms with Crippen LogP contribution >= 0.6 is 0 Å². The summed E-state index contributed by atoms with van der Waals surface area (Å²) in [6.07, 6.45) is 5.30. The van der Waals surface area contributed by atoms with E-state index in [9.17, 15) is 10.4 Å². The third kappa shape index (κ3) is 1.84. The van der Waals surface area contributed by atoms with E-state index >= 15 is 0 Å². The zero-order valence-corrected chi connectivity index (χ0v) is 12.0. The van der Waals surface area contributed by atoms with Crippen LogP contribution in [0, 0.1) is 11.3 Å². The van der Waals surface area contributed by atoms with Crippen molar-refractivity contribution >= 4 is 5.65 Å². The first kappa shape index (κ1) is 13.2. The number of hydrogen-bond donors (Lipinski definition) is 2. The van der Waals surface area contributed by atoms with E-state index in [0.717, 1.165) is 5.56 Å². The van der Waals surface area contributed by atoms with E-state index in [1.165, 1.54) is 0 Å². The molecule has 0 amide bonds. The molecule has 0 aliphatic carbocycles. The number of imidazole rings is 1. The average Bonchev–Trinajstić information content (AvgIpc) is 3.03. The molecule has 0 fully saturated rings. The molecule has 3 heterocycles. The molecular formula is C17H12N4O2. The first-order valence-corrected chi connectivity index (χ1v) is 7.01. The summed E-state index contributed by atoms with van der Waals surface area (Å²) in [5.74, 6) is 0.146. The number of allylic oxidation sites excluding steroid dienone is 1. The van der Waals surface area contributed by atoms with E-state index in [1.807, 2.05) is 22.7 Å². The second kappa shape index (κ2) is 4.78. The van der Waals surface area contributed by atoms with Gasteiger partial charge in [-0.3, -0.25) is 0 Å². The Morgan fingerprint density at radius 1 is 1.22 bits per heavy atom. The second-order valence-electron chi connectivity index (χ2n) is 5.24. The lowest BCUT2D eigenvalue weighted by atomic mass is 9.83. The van der Waals surface area contributed by atoms with Gasteiger partial charge in [0.05, 0.1) is 5.92 Å². The third-order valence-corrected chi connectivity index (χ3v) is 3.99. The molecule has 0 saturated heterocycles. The number of hydrogen-bond acceptors (Lipinski definition) is 5. The van der Waals surface area contributed by atoms with Crippen LogP contribution in [-0.4, -0.2) is 14.5 Å². The van der Waals surface area contributed by atoms with Crippen LogP contribution in [-0.2, 0) is 0 Å². The highest BCUT2D eigenvalue weighted by molar-refractivity contribution is 5.66. The molecular weight excluding hydrogens is 292 g/mol. The first-order valence-electron chi connectivity index (χ1n) is 7.01. The molecule has 1 unspecified atom stereocenters. The molecule has 1 atom stereocenters. The predicted octanol–water partition coefficient (Wildman–Crippen LogP) is 2.26. The monoisotopic (exact) mass is 304 g/mol. The summed E-state index contributed by atoms with van der Waals surface area (Å²) in [5, 5.41) is 19.7. The van der Waals surface area contributed by atoms with Crippen molar-refractivity contribution in [1.82, 2.24) is 9.38 Å². The van der Waals surface area contributed by atoms with Crippen LogP contribution in [0.15, 0.2) is 60.4 Å². The smallest absolute Gasteiger partial charge is 0.205 e. The Kier molecular flexibility index (Phi) is 2.75. The fraction of sp³-hybridized carbons (Fsp3) is 0.0588. The van der Waals surface area contributed by atoms with Gasteiger partial charge in [-0.2, -0.15) is 5.26 Å². The minimum Gasteiger partial charge on any atom is -0.508 e. The molecule has 6 heteroatoms. The summed E-state index contributed by atoms with van der Waals surface area (Å²) in [6.45, 7) is 0. The zero-order chi connectivity index (χ0) is 16.0. The summed E-state index contributed by atoms with van der Waals surface area (Å²) in [4.78, 5) is 4.28. The number of aromatic nitrogens is 2. The number of phenolic OH excluding ortho intramolecular Hbond substituents is 1. The summed E-state index contributed by atoms with van der Waals surface area (Å²) in [5.41, 5.74) is 8.20. The van der Waals surface area contributed by atoms with Crippen LogP contribution < -0.4 is 10.5 Å². The van der Waals surface area contributed by atoms with Crippen molar-refractivity contribution < 1.29 is 9.84 Å². The molecule has 0 bridgehead atoms. The second-order valence-corrected chi connectivity index (χ2v) is 5.24. The molecule has 1 aromatic carbocycles. The average molecular weight is 304 g/mol. The number of pyridine rings is 1. The number of aromatic hydroxyl groups is 1. The number of phenols is 1. The molecule has 1 aliphatic rings. The molecule has 112 valence electrons. The number of nitrogens with two attached hydrogens (primary N) is 1. The number of nitrogens with zero attached hydrogens (tertiary/aromatic N) is 3. The van der Waals surface area contributed by atoms with Crippen LogP contribution in [0.2, 0.25) is 0 Å². The van der Waals surface area contributed by atoms with Crippen LogP contribution in [0.4, 0.5) is 0 Å². The minimum atomic E-state index is -0.494. The molecule has 0 saturated carbocycles. The Morgan fingerprint density at radius 2 is 2.04 bits per heavy atom. The summed E-state index contributed by atoms with van der Waals surface area (Å²) in [7, 11) is 0. The van der Waals surface area contributed by atoms with E-state index in [0.29, 0.717) is 17.0 Å². The van der Waals surface area contributed by atoms with Gasteiger partial charge in [0.15, 0.2) is 11.4 Å². The predicted molar refractivity (Wildman–Crippen MR) is 82.6 cm³/mol. The van der Waals surface area contributed by atoms with Gasteiger partial charge in [-0.05, 0) is 12.1 Å². The fourth-order valence-electron chi connectivity index (χ4n) is 2.94. The van der Waals surface area contributed by atoms with E-state index in [-0.39, 0.29) is 17.2 Å². The van der Waals surface area contributed by atoms with Crippen molar-refractivity contribution in [3.8, 4) is 17.6 Å². The Morgan fingerprint density at radius 3 is 2.83 bits per heavy atom. The van der Waals surface area contributed by atoms with Gasteiger partial charge in [-0.1, -0.05) is 18.2 Å². The summed E-state index contributed by atoms with van der Waals surface area (Å²) >= 11 is 0. The van der Waals surface area contributed by atoms with Crippen LogP contribution in [0.25, 0.3) is 5.65 Å². The van der Waals surface area contributed by atoms with Crippen molar-refractivity contribution in [3.63, 3.8) is 0 Å². The standard InChI is InChI=1S/C17H12N4O2/c18-9-12-14(10-3-1-2-4-13(10)22)11-5-7-21-8-6-20-17(21)15(11)23-16(12)19/h1-8,14,22H,19H2. The lowest BCUT2D eigenvalue weighted by molar-refractivity contribution is 0.393. The highest BCUT2D eigenvalue weighted by Crippen LogP contribution is 2.45. The van der Waals surface area contributed by atoms with Gasteiger partial charge in [-0.15, -0.1) is 0 Å². The molecule has 2 aromatic heterocycles. The molecule has 1 aliphatic heterocycles. The van der Waals surface area contributed by atoms with Gasteiger partial charge < -0.3 is 20.0 Å². The van der Waals surface area contributed by atoms with Crippen LogP contribution in [0.5, 0.6) is 11.5 Å². The number of fused-ring (bicyclic) bond motifs is 3. The highest BCUT2D eigenvalue weighted by Gasteiger charge is 2.33. The quantitative estimate of drug-likeness (QED) is 0.718. The molecule has 0 radical (unpaired) electrons. The largest absolute Gasteiger partial charge is 0.508 e. The topological polar surface area (TPSA) is 96.6 Å². The van der Waals surface area contributed by atoms with Crippen molar-refractivity contribution in [3.05, 3.63) is 71.5 Å². The van der Waals surface area contributed by atoms with Gasteiger partial charge >= 0.3 is 0 Å². The highest BCUT2D eigenvalue weighted by atomic mass is 16.5. The number of para-hydroxylation sites is 1. The first-order chi connectivity index (χ1) is 11.2. The Labute approximate surface area is 131 Å². The number of nitriles is 1. The van der Waals surface area contributed by atoms with Crippen molar-refractivity contribution in [2.45, 2.75) is 5.92 Å². The Balaban J connectivity index is 2.04. The third-order valence-electron chi connectivity index (χ3n) is 3.99. The Hall–Kier alpha value is -3.46. The van der Waals surface area contributed by atoms with E-state index in [1.54, 1.807) is 30.6 Å². The minimum absolute atomic E-state index is 0.0318. The van der Waals surface area contributed by atoms with E-state index in [4.69, 9.17) is 10.5 Å². The number of benzene rings is 1. The van der Waals surface area contributed by atoms with Gasteiger partial charge in [-0.25, -0.2) is 4.98 Å².